The molecule has 0 saturated carbocycles. The van der Waals surface area contributed by atoms with E-state index in [2.05, 4.69) is 65.0 Å². The Morgan fingerprint density at radius 1 is 1.00 bits per heavy atom. The molecule has 2 aliphatic rings. The second-order valence-electron chi connectivity index (χ2n) is 9.30. The lowest BCUT2D eigenvalue weighted by molar-refractivity contribution is -0.0142. The molecule has 1 amide bonds. The minimum Gasteiger partial charge on any atom is -0.487 e. The van der Waals surface area contributed by atoms with Gasteiger partial charge in [-0.1, -0.05) is 71.3 Å². The number of allylic oxidation sites excluding steroid dienone is 4. The zero-order valence-corrected chi connectivity index (χ0v) is 23.1. The van der Waals surface area contributed by atoms with E-state index in [1.54, 1.807) is 0 Å². The molecule has 0 aliphatic carbocycles. The van der Waals surface area contributed by atoms with Gasteiger partial charge in [-0.15, -0.1) is 0 Å². The van der Waals surface area contributed by atoms with Crippen LogP contribution in [0.5, 0.6) is 5.75 Å². The van der Waals surface area contributed by atoms with Crippen molar-refractivity contribution >= 4 is 11.7 Å². The number of nitrogens with zero attached hydrogens (tertiary/aromatic N) is 1. The Kier molecular flexibility index (Phi) is 13.7. The summed E-state index contributed by atoms with van der Waals surface area (Å²) in [6.07, 6.45) is 11.4. The topological polar surface area (TPSA) is 38.8 Å². The Bertz CT molecular complexity index is 795. The molecular formula is C30H49NO3. The maximum Gasteiger partial charge on any atom is 0.409 e. The average molecular weight is 472 g/mol. The largest absolute Gasteiger partial charge is 0.487 e. The number of carbonyl (C=O) groups is 1. The van der Waals surface area contributed by atoms with Crippen LogP contribution in [0.2, 0.25) is 0 Å². The van der Waals surface area contributed by atoms with Crippen molar-refractivity contribution < 1.29 is 14.3 Å². The summed E-state index contributed by atoms with van der Waals surface area (Å²) in [5, 5.41) is 0. The Morgan fingerprint density at radius 2 is 1.65 bits per heavy atom. The highest BCUT2D eigenvalue weighted by Gasteiger charge is 2.40. The number of unbranched alkanes of at least 4 members (excludes halogenated alkanes) is 1. The van der Waals surface area contributed by atoms with Gasteiger partial charge in [-0.2, -0.15) is 0 Å². The predicted octanol–water partition coefficient (Wildman–Crippen LogP) is 8.59. The molecule has 4 heteroatoms. The second-order valence-corrected chi connectivity index (χ2v) is 9.30. The molecule has 2 heterocycles. The zero-order chi connectivity index (χ0) is 25.6. The van der Waals surface area contributed by atoms with Crippen LogP contribution in [-0.4, -0.2) is 36.3 Å². The summed E-state index contributed by atoms with van der Waals surface area (Å²) in [7, 11) is 0. The first kappa shape index (κ1) is 29.8. The molecule has 0 atom stereocenters. The molecular weight excluding hydrogens is 422 g/mol. The summed E-state index contributed by atoms with van der Waals surface area (Å²) >= 11 is 0. The van der Waals surface area contributed by atoms with E-state index in [1.807, 2.05) is 25.7 Å². The van der Waals surface area contributed by atoms with Crippen LogP contribution in [0.4, 0.5) is 4.79 Å². The number of carbonyl (C=O) groups excluding carboxylic acids is 1. The third kappa shape index (κ3) is 9.19. The van der Waals surface area contributed by atoms with E-state index in [1.165, 1.54) is 35.1 Å². The summed E-state index contributed by atoms with van der Waals surface area (Å²) in [4.78, 5) is 13.9. The van der Waals surface area contributed by atoms with Crippen molar-refractivity contribution in [1.82, 2.24) is 4.90 Å². The van der Waals surface area contributed by atoms with Crippen molar-refractivity contribution in [1.29, 1.82) is 0 Å². The van der Waals surface area contributed by atoms with Crippen molar-refractivity contribution in [2.45, 2.75) is 106 Å². The van der Waals surface area contributed by atoms with Gasteiger partial charge >= 0.3 is 6.09 Å². The van der Waals surface area contributed by atoms with Crippen molar-refractivity contribution in [3.8, 4) is 5.75 Å². The van der Waals surface area contributed by atoms with Gasteiger partial charge in [0.1, 0.15) is 11.4 Å². The Labute approximate surface area is 209 Å². The van der Waals surface area contributed by atoms with E-state index in [-0.39, 0.29) is 11.7 Å². The quantitative estimate of drug-likeness (QED) is 0.404. The monoisotopic (exact) mass is 471 g/mol. The summed E-state index contributed by atoms with van der Waals surface area (Å²) in [5.74, 6) is 1.01. The van der Waals surface area contributed by atoms with Crippen LogP contribution < -0.4 is 4.74 Å². The van der Waals surface area contributed by atoms with E-state index < -0.39 is 0 Å². The highest BCUT2D eigenvalue weighted by molar-refractivity contribution is 5.68. The molecule has 0 bridgehead atoms. The lowest BCUT2D eigenvalue weighted by Gasteiger charge is -2.44. The Morgan fingerprint density at radius 3 is 2.21 bits per heavy atom. The molecule has 2 aliphatic heterocycles. The number of hydrogen-bond donors (Lipinski definition) is 0. The number of piperidine rings is 1. The smallest absolute Gasteiger partial charge is 0.409 e. The van der Waals surface area contributed by atoms with Crippen LogP contribution in [0.3, 0.4) is 0 Å². The third-order valence-electron chi connectivity index (χ3n) is 6.22. The minimum absolute atomic E-state index is 0.136. The maximum absolute atomic E-state index is 12.1. The van der Waals surface area contributed by atoms with Gasteiger partial charge in [0.25, 0.3) is 0 Å². The number of rotatable bonds is 5. The number of fused-ring (bicyclic) bond motifs is 1. The van der Waals surface area contributed by atoms with Crippen molar-refractivity contribution in [2.24, 2.45) is 0 Å². The fraction of sp³-hybridized carbons (Fsp3) is 0.633. The van der Waals surface area contributed by atoms with Gasteiger partial charge in [0.15, 0.2) is 0 Å². The van der Waals surface area contributed by atoms with Gasteiger partial charge in [-0.25, -0.2) is 4.79 Å². The minimum atomic E-state index is -0.184. The number of benzene rings is 1. The number of amides is 1. The van der Waals surface area contributed by atoms with Gasteiger partial charge in [0.2, 0.25) is 0 Å². The summed E-state index contributed by atoms with van der Waals surface area (Å²) in [6.45, 7) is 18.7. The van der Waals surface area contributed by atoms with Crippen LogP contribution in [0.1, 0.15) is 105 Å². The first-order valence-electron chi connectivity index (χ1n) is 13.4. The molecule has 0 radical (unpaired) electrons. The van der Waals surface area contributed by atoms with Crippen LogP contribution >= 0.6 is 0 Å². The number of aryl methyl sites for hydroxylation is 1. The molecule has 34 heavy (non-hydrogen) atoms. The lowest BCUT2D eigenvalue weighted by Crippen LogP contribution is -2.51. The first-order valence-corrected chi connectivity index (χ1v) is 13.4. The van der Waals surface area contributed by atoms with E-state index in [4.69, 9.17) is 9.47 Å². The standard InChI is InChI=1S/C24H33NO3.C4H10.C2H6/c1-5-16-27-23(26)25-14-12-24(13-15-25)11-10-21-17-20(8-9-22(21)28-24)19(4)7-6-18(2)3;1-3-4-2;1-2/h6-9,17H,5,10-16H2,1-4H3;3-4H2,1-2H3;1-2H3/b19-7+;;. The van der Waals surface area contributed by atoms with Crippen molar-refractivity contribution in [3.63, 3.8) is 0 Å². The summed E-state index contributed by atoms with van der Waals surface area (Å²) in [6, 6.07) is 6.54. The zero-order valence-electron chi connectivity index (χ0n) is 23.1. The first-order chi connectivity index (χ1) is 16.3. The van der Waals surface area contributed by atoms with E-state index in [0.29, 0.717) is 19.7 Å². The lowest BCUT2D eigenvalue weighted by atomic mass is 9.82. The van der Waals surface area contributed by atoms with Gasteiger partial charge in [-0.05, 0) is 68.9 Å². The molecule has 1 aromatic rings. The molecule has 1 fully saturated rings. The average Bonchev–Trinajstić information content (AvgIpc) is 2.87. The van der Waals surface area contributed by atoms with Gasteiger partial charge in [0, 0.05) is 25.9 Å². The second kappa shape index (κ2) is 15.6. The van der Waals surface area contributed by atoms with E-state index in [9.17, 15) is 4.79 Å². The van der Waals surface area contributed by atoms with Crippen molar-refractivity contribution in [2.75, 3.05) is 19.7 Å². The Hall–Kier alpha value is -2.23. The maximum atomic E-state index is 12.1. The molecule has 0 aromatic heterocycles. The molecule has 192 valence electrons. The number of likely N-dealkylation sites (tertiary alicyclic amines) is 1. The molecule has 3 rings (SSSR count). The normalized spacial score (nSPS) is 16.1. The van der Waals surface area contributed by atoms with E-state index >= 15 is 0 Å². The third-order valence-corrected chi connectivity index (χ3v) is 6.22. The van der Waals surface area contributed by atoms with Gasteiger partial charge < -0.3 is 14.4 Å². The molecule has 0 N–H and O–H groups in total. The van der Waals surface area contributed by atoms with E-state index in [0.717, 1.165) is 37.9 Å². The summed E-state index contributed by atoms with van der Waals surface area (Å²) in [5.41, 5.74) is 4.97. The molecule has 0 unspecified atom stereocenters. The predicted molar refractivity (Wildman–Crippen MR) is 146 cm³/mol. The SMILES string of the molecule is CC.CCCC.CCCOC(=O)N1CCC2(CCc3cc(/C(C)=C/C=C(C)C)ccc3O2)CC1. The van der Waals surface area contributed by atoms with Crippen molar-refractivity contribution in [3.05, 3.63) is 47.1 Å². The summed E-state index contributed by atoms with van der Waals surface area (Å²) < 4.78 is 11.8. The van der Waals surface area contributed by atoms with Gasteiger partial charge in [0.05, 0.1) is 6.61 Å². The molecule has 4 nitrogen and oxygen atoms in total. The molecule has 1 saturated heterocycles. The van der Waals surface area contributed by atoms with Crippen LogP contribution in [0.15, 0.2) is 35.9 Å². The van der Waals surface area contributed by atoms with Crippen LogP contribution in [0.25, 0.3) is 5.57 Å². The van der Waals surface area contributed by atoms with Crippen LogP contribution in [0, 0.1) is 0 Å². The fourth-order valence-corrected chi connectivity index (χ4v) is 3.88. The highest BCUT2D eigenvalue weighted by atomic mass is 16.6. The fourth-order valence-electron chi connectivity index (χ4n) is 3.88. The highest BCUT2D eigenvalue weighted by Crippen LogP contribution is 2.40. The molecule has 1 aromatic carbocycles. The number of hydrogen-bond acceptors (Lipinski definition) is 3. The van der Waals surface area contributed by atoms with Gasteiger partial charge in [-0.3, -0.25) is 0 Å². The molecule has 1 spiro atoms. The number of ether oxygens (including phenoxy) is 2. The Balaban J connectivity index is 0.000000872. The van der Waals surface area contributed by atoms with Crippen LogP contribution in [-0.2, 0) is 11.2 Å².